The molecule has 3 aromatic rings. The normalized spacial score (nSPS) is 10.6. The predicted molar refractivity (Wildman–Crippen MR) is 101 cm³/mol. The number of aromatic nitrogens is 2. The van der Waals surface area contributed by atoms with Gasteiger partial charge >= 0.3 is 0 Å². The first kappa shape index (κ1) is 16.7. The fourth-order valence-corrected chi connectivity index (χ4v) is 3.05. The first-order valence-corrected chi connectivity index (χ1v) is 8.33. The third kappa shape index (κ3) is 3.24. The number of carbonyl (C=O) groups excluding carboxylic acids is 1. The van der Waals surface area contributed by atoms with Crippen LogP contribution in [0.25, 0.3) is 22.6 Å². The van der Waals surface area contributed by atoms with Crippen LogP contribution in [0.5, 0.6) is 0 Å². The Morgan fingerprint density at radius 3 is 2.52 bits per heavy atom. The number of imidazole rings is 1. The quantitative estimate of drug-likeness (QED) is 0.667. The lowest BCUT2D eigenvalue weighted by atomic mass is 9.96. The summed E-state index contributed by atoms with van der Waals surface area (Å²) in [5.74, 6) is 0.152. The fraction of sp³-hybridized carbons (Fsp3) is 0.143. The molecule has 0 bridgehead atoms. The number of carbonyl (C=O) groups is 1. The minimum Gasteiger partial charge on any atom is -0.364 e. The fourth-order valence-electron chi connectivity index (χ4n) is 3.05. The Hall–Kier alpha value is -3.14. The number of aryl methyl sites for hydroxylation is 1. The summed E-state index contributed by atoms with van der Waals surface area (Å²) in [7, 11) is 0. The van der Waals surface area contributed by atoms with E-state index in [0.29, 0.717) is 17.2 Å². The standard InChI is InChI=1S/C21H21N3O/c1-3-9-15-13-8-12-14(4-2)17(15)21-23-18(19(24-21)20(22)25)16-10-6-5-7-11-16/h3,5-8,10-13H,1,4,9H2,2H3,(H2,22,25)(H,23,24). The molecule has 0 unspecified atom stereocenters. The molecular formula is C21H21N3O. The number of nitrogens with one attached hydrogen (secondary N) is 1. The molecule has 25 heavy (non-hydrogen) atoms. The Balaban J connectivity index is 2.23. The lowest BCUT2D eigenvalue weighted by molar-refractivity contribution is 0.0997. The summed E-state index contributed by atoms with van der Waals surface area (Å²) in [6.07, 6.45) is 3.47. The molecule has 0 aliphatic rings. The second-order valence-electron chi connectivity index (χ2n) is 5.84. The van der Waals surface area contributed by atoms with Gasteiger partial charge in [0.15, 0.2) is 0 Å². The number of nitrogens with zero attached hydrogens (tertiary/aromatic N) is 1. The van der Waals surface area contributed by atoms with Gasteiger partial charge in [-0.05, 0) is 24.0 Å². The average molecular weight is 331 g/mol. The molecule has 0 saturated carbocycles. The lowest BCUT2D eigenvalue weighted by Gasteiger charge is -2.10. The highest BCUT2D eigenvalue weighted by Crippen LogP contribution is 2.31. The molecule has 0 saturated heterocycles. The molecule has 4 nitrogen and oxygen atoms in total. The zero-order chi connectivity index (χ0) is 17.8. The smallest absolute Gasteiger partial charge is 0.267 e. The van der Waals surface area contributed by atoms with E-state index in [-0.39, 0.29) is 0 Å². The monoisotopic (exact) mass is 331 g/mol. The number of hydrogen-bond donors (Lipinski definition) is 2. The highest BCUT2D eigenvalue weighted by atomic mass is 16.1. The van der Waals surface area contributed by atoms with Crippen molar-refractivity contribution in [3.63, 3.8) is 0 Å². The molecule has 2 aromatic carbocycles. The third-order valence-corrected chi connectivity index (χ3v) is 4.22. The highest BCUT2D eigenvalue weighted by Gasteiger charge is 2.20. The summed E-state index contributed by atoms with van der Waals surface area (Å²) in [6.45, 7) is 5.94. The minimum absolute atomic E-state index is 0.330. The molecule has 0 aliphatic heterocycles. The van der Waals surface area contributed by atoms with E-state index in [1.54, 1.807) is 0 Å². The van der Waals surface area contributed by atoms with E-state index >= 15 is 0 Å². The Kier molecular flexibility index (Phi) is 4.80. The van der Waals surface area contributed by atoms with Crippen LogP contribution in [0.4, 0.5) is 0 Å². The van der Waals surface area contributed by atoms with Gasteiger partial charge in [-0.15, -0.1) is 6.58 Å². The summed E-state index contributed by atoms with van der Waals surface area (Å²) < 4.78 is 0. The van der Waals surface area contributed by atoms with Crippen molar-refractivity contribution in [2.75, 3.05) is 0 Å². The van der Waals surface area contributed by atoms with E-state index in [1.807, 2.05) is 42.5 Å². The zero-order valence-electron chi connectivity index (χ0n) is 14.3. The maximum absolute atomic E-state index is 11.9. The van der Waals surface area contributed by atoms with Crippen LogP contribution in [-0.4, -0.2) is 15.9 Å². The van der Waals surface area contributed by atoms with E-state index < -0.39 is 5.91 Å². The largest absolute Gasteiger partial charge is 0.364 e. The van der Waals surface area contributed by atoms with Crippen molar-refractivity contribution < 1.29 is 4.79 Å². The lowest BCUT2D eigenvalue weighted by Crippen LogP contribution is -2.12. The Morgan fingerprint density at radius 2 is 1.88 bits per heavy atom. The number of H-pyrrole nitrogens is 1. The van der Waals surface area contributed by atoms with Gasteiger partial charge in [-0.3, -0.25) is 4.79 Å². The number of amides is 1. The summed E-state index contributed by atoms with van der Waals surface area (Å²) >= 11 is 0. The molecule has 3 rings (SSSR count). The molecule has 126 valence electrons. The second kappa shape index (κ2) is 7.18. The molecule has 4 heteroatoms. The zero-order valence-corrected chi connectivity index (χ0v) is 14.3. The molecule has 0 atom stereocenters. The molecule has 0 spiro atoms. The van der Waals surface area contributed by atoms with E-state index in [9.17, 15) is 4.79 Å². The number of hydrogen-bond acceptors (Lipinski definition) is 2. The van der Waals surface area contributed by atoms with Crippen LogP contribution in [0.2, 0.25) is 0 Å². The van der Waals surface area contributed by atoms with Crippen LogP contribution in [-0.2, 0) is 12.8 Å². The van der Waals surface area contributed by atoms with E-state index in [4.69, 9.17) is 10.7 Å². The van der Waals surface area contributed by atoms with Gasteiger partial charge in [-0.1, -0.05) is 61.5 Å². The summed E-state index contributed by atoms with van der Waals surface area (Å²) in [4.78, 5) is 19.8. The van der Waals surface area contributed by atoms with Gasteiger partial charge in [0.05, 0.1) is 0 Å². The Labute approximate surface area is 147 Å². The van der Waals surface area contributed by atoms with Crippen molar-refractivity contribution in [2.45, 2.75) is 19.8 Å². The van der Waals surface area contributed by atoms with Crippen molar-refractivity contribution in [3.05, 3.63) is 78.0 Å². The first-order chi connectivity index (χ1) is 12.2. The average Bonchev–Trinajstić information content (AvgIpc) is 3.08. The number of aromatic amines is 1. The van der Waals surface area contributed by atoms with Crippen LogP contribution >= 0.6 is 0 Å². The topological polar surface area (TPSA) is 71.8 Å². The molecule has 1 amide bonds. The number of primary amides is 1. The number of allylic oxidation sites excluding steroid dienone is 1. The van der Waals surface area contributed by atoms with Crippen molar-refractivity contribution in [2.24, 2.45) is 5.73 Å². The van der Waals surface area contributed by atoms with Crippen LogP contribution in [0.3, 0.4) is 0 Å². The van der Waals surface area contributed by atoms with Gasteiger partial charge in [0.25, 0.3) is 5.91 Å². The number of benzene rings is 2. The molecular weight excluding hydrogens is 310 g/mol. The van der Waals surface area contributed by atoms with Crippen LogP contribution in [0, 0.1) is 0 Å². The van der Waals surface area contributed by atoms with Crippen LogP contribution < -0.4 is 5.73 Å². The minimum atomic E-state index is -0.517. The van der Waals surface area contributed by atoms with Gasteiger partial charge in [0, 0.05) is 11.1 Å². The third-order valence-electron chi connectivity index (χ3n) is 4.22. The molecule has 1 heterocycles. The van der Waals surface area contributed by atoms with Gasteiger partial charge in [0.1, 0.15) is 17.2 Å². The molecule has 0 aliphatic carbocycles. The van der Waals surface area contributed by atoms with Crippen LogP contribution in [0.15, 0.2) is 61.2 Å². The van der Waals surface area contributed by atoms with Crippen molar-refractivity contribution in [1.29, 1.82) is 0 Å². The highest BCUT2D eigenvalue weighted by molar-refractivity contribution is 5.98. The van der Waals surface area contributed by atoms with Crippen molar-refractivity contribution in [1.82, 2.24) is 9.97 Å². The maximum Gasteiger partial charge on any atom is 0.267 e. The SMILES string of the molecule is C=CCc1cccc(CC)c1-c1nc(-c2ccccc2)c(C(N)=O)[nH]1. The van der Waals surface area contributed by atoms with Gasteiger partial charge in [-0.25, -0.2) is 4.98 Å². The molecule has 1 aromatic heterocycles. The molecule has 0 fully saturated rings. The van der Waals surface area contributed by atoms with E-state index in [2.05, 4.69) is 30.6 Å². The second-order valence-corrected chi connectivity index (χ2v) is 5.84. The number of nitrogens with two attached hydrogens (primary N) is 1. The predicted octanol–water partition coefficient (Wildman–Crippen LogP) is 4.13. The van der Waals surface area contributed by atoms with Crippen molar-refractivity contribution >= 4 is 5.91 Å². The van der Waals surface area contributed by atoms with Crippen LogP contribution in [0.1, 0.15) is 28.5 Å². The molecule has 3 N–H and O–H groups in total. The van der Waals surface area contributed by atoms with Gasteiger partial charge in [-0.2, -0.15) is 0 Å². The number of rotatable bonds is 6. The van der Waals surface area contributed by atoms with E-state index in [0.717, 1.165) is 29.5 Å². The Bertz CT molecular complexity index is 910. The summed E-state index contributed by atoms with van der Waals surface area (Å²) in [5, 5.41) is 0. The van der Waals surface area contributed by atoms with E-state index in [1.165, 1.54) is 5.56 Å². The maximum atomic E-state index is 11.9. The summed E-state index contributed by atoms with van der Waals surface area (Å²) in [6, 6.07) is 15.8. The van der Waals surface area contributed by atoms with Gasteiger partial charge < -0.3 is 10.7 Å². The van der Waals surface area contributed by atoms with Crippen molar-refractivity contribution in [3.8, 4) is 22.6 Å². The Morgan fingerprint density at radius 1 is 1.16 bits per heavy atom. The summed E-state index contributed by atoms with van der Waals surface area (Å²) in [5.41, 5.74) is 10.7. The first-order valence-electron chi connectivity index (χ1n) is 8.33. The van der Waals surface area contributed by atoms with Gasteiger partial charge in [0.2, 0.25) is 0 Å². The molecule has 0 radical (unpaired) electrons.